The number of esters is 1. The molecule has 4 rings (SSSR count). The van der Waals surface area contributed by atoms with Gasteiger partial charge in [0, 0.05) is 33.7 Å². The summed E-state index contributed by atoms with van der Waals surface area (Å²) in [5, 5.41) is 4.43. The Kier molecular flexibility index (Phi) is 6.72. The second-order valence-corrected chi connectivity index (χ2v) is 8.57. The maximum atomic E-state index is 13.3. The Morgan fingerprint density at radius 1 is 0.912 bits per heavy atom. The van der Waals surface area contributed by atoms with Crippen LogP contribution in [-0.2, 0) is 16.6 Å². The molecule has 0 saturated carbocycles. The van der Waals surface area contributed by atoms with E-state index in [9.17, 15) is 14.4 Å². The SMILES string of the molecule is CC(OC(=O)c1c(-c2ccccc2)c2ccccc2c(=O)n1C)C(=O)Nc1cc(Cl)cc(Cl)c1. The van der Waals surface area contributed by atoms with E-state index in [0.29, 0.717) is 32.1 Å². The molecule has 0 fully saturated rings. The van der Waals surface area contributed by atoms with Crippen molar-refractivity contribution in [2.45, 2.75) is 13.0 Å². The van der Waals surface area contributed by atoms with Crippen LogP contribution in [0, 0.1) is 0 Å². The van der Waals surface area contributed by atoms with Crippen LogP contribution in [0.3, 0.4) is 0 Å². The highest BCUT2D eigenvalue weighted by atomic mass is 35.5. The van der Waals surface area contributed by atoms with Gasteiger partial charge in [0.2, 0.25) is 0 Å². The smallest absolute Gasteiger partial charge is 0.356 e. The molecule has 8 heteroatoms. The van der Waals surface area contributed by atoms with E-state index < -0.39 is 18.0 Å². The van der Waals surface area contributed by atoms with Crippen LogP contribution in [0.15, 0.2) is 77.6 Å². The first-order chi connectivity index (χ1) is 16.3. The van der Waals surface area contributed by atoms with Crippen molar-refractivity contribution in [3.05, 3.63) is 98.9 Å². The highest BCUT2D eigenvalue weighted by Crippen LogP contribution is 2.31. The number of fused-ring (bicyclic) bond motifs is 1. The third kappa shape index (κ3) is 4.69. The molecule has 1 unspecified atom stereocenters. The highest BCUT2D eigenvalue weighted by molar-refractivity contribution is 6.35. The fourth-order valence-electron chi connectivity index (χ4n) is 3.74. The Labute approximate surface area is 205 Å². The molecule has 34 heavy (non-hydrogen) atoms. The molecule has 172 valence electrons. The number of anilines is 1. The maximum absolute atomic E-state index is 13.3. The van der Waals surface area contributed by atoms with Gasteiger partial charge in [-0.15, -0.1) is 0 Å². The molecule has 1 heterocycles. The van der Waals surface area contributed by atoms with Crippen molar-refractivity contribution in [1.29, 1.82) is 0 Å². The van der Waals surface area contributed by atoms with Crippen LogP contribution in [0.5, 0.6) is 0 Å². The molecule has 0 aliphatic carbocycles. The number of benzene rings is 3. The molecule has 3 aromatic carbocycles. The summed E-state index contributed by atoms with van der Waals surface area (Å²) in [6.07, 6.45) is -1.16. The van der Waals surface area contributed by atoms with Gasteiger partial charge < -0.3 is 14.6 Å². The van der Waals surface area contributed by atoms with Crippen molar-refractivity contribution in [2.24, 2.45) is 7.05 Å². The molecule has 1 N–H and O–H groups in total. The van der Waals surface area contributed by atoms with E-state index in [1.54, 1.807) is 24.3 Å². The lowest BCUT2D eigenvalue weighted by molar-refractivity contribution is -0.123. The van der Waals surface area contributed by atoms with Crippen molar-refractivity contribution < 1.29 is 14.3 Å². The van der Waals surface area contributed by atoms with Crippen molar-refractivity contribution in [2.75, 3.05) is 5.32 Å². The number of nitrogens with one attached hydrogen (secondary N) is 1. The Morgan fingerprint density at radius 3 is 2.15 bits per heavy atom. The van der Waals surface area contributed by atoms with E-state index in [-0.39, 0.29) is 11.3 Å². The van der Waals surface area contributed by atoms with Crippen LogP contribution in [0.2, 0.25) is 10.0 Å². The predicted octanol–water partition coefficient (Wildman–Crippen LogP) is 5.70. The molecule has 4 aromatic rings. The summed E-state index contributed by atoms with van der Waals surface area (Å²) in [5.41, 5.74) is 1.38. The Balaban J connectivity index is 1.72. The molecule has 0 aliphatic rings. The molecule has 6 nitrogen and oxygen atoms in total. The van der Waals surface area contributed by atoms with Crippen LogP contribution in [-0.4, -0.2) is 22.5 Å². The number of amides is 1. The summed E-state index contributed by atoms with van der Waals surface area (Å²) < 4.78 is 6.76. The van der Waals surface area contributed by atoms with Gasteiger partial charge in [-0.05, 0) is 42.1 Å². The summed E-state index contributed by atoms with van der Waals surface area (Å²) in [5.74, 6) is -1.37. The van der Waals surface area contributed by atoms with Gasteiger partial charge in [-0.3, -0.25) is 9.59 Å². The van der Waals surface area contributed by atoms with Crippen LogP contribution < -0.4 is 10.9 Å². The number of hydrogen-bond donors (Lipinski definition) is 1. The number of halogens is 2. The number of rotatable bonds is 5. The summed E-state index contributed by atoms with van der Waals surface area (Å²) in [4.78, 5) is 39.0. The molecule has 1 amide bonds. The fraction of sp³-hybridized carbons (Fsp3) is 0.115. The molecule has 0 radical (unpaired) electrons. The monoisotopic (exact) mass is 494 g/mol. The molecule has 0 saturated heterocycles. The van der Waals surface area contributed by atoms with Gasteiger partial charge in [-0.25, -0.2) is 4.79 Å². The molecule has 0 spiro atoms. The number of pyridine rings is 1. The van der Waals surface area contributed by atoms with Gasteiger partial charge in [-0.2, -0.15) is 0 Å². The second-order valence-electron chi connectivity index (χ2n) is 7.69. The summed E-state index contributed by atoms with van der Waals surface area (Å²) in [6.45, 7) is 1.45. The molecular weight excluding hydrogens is 475 g/mol. The van der Waals surface area contributed by atoms with E-state index in [1.807, 2.05) is 30.3 Å². The lowest BCUT2D eigenvalue weighted by Crippen LogP contribution is -2.32. The van der Waals surface area contributed by atoms with Crippen molar-refractivity contribution in [3.8, 4) is 11.1 Å². The number of carbonyl (C=O) groups is 2. The van der Waals surface area contributed by atoms with E-state index >= 15 is 0 Å². The van der Waals surface area contributed by atoms with Gasteiger partial charge in [0.15, 0.2) is 6.10 Å². The van der Waals surface area contributed by atoms with Crippen molar-refractivity contribution >= 4 is 51.5 Å². The fourth-order valence-corrected chi connectivity index (χ4v) is 4.27. The second kappa shape index (κ2) is 9.71. The number of nitrogens with zero attached hydrogens (tertiary/aromatic N) is 1. The maximum Gasteiger partial charge on any atom is 0.356 e. The standard InChI is InChI=1S/C26H20Cl2N2O4/c1-15(24(31)29-19-13-17(27)12-18(28)14-19)34-26(33)23-22(16-8-4-3-5-9-16)20-10-6-7-11-21(20)25(32)30(23)2/h3-15H,1-2H3,(H,29,31). The summed E-state index contributed by atoms with van der Waals surface area (Å²) >= 11 is 12.0. The zero-order valence-corrected chi connectivity index (χ0v) is 19.9. The minimum atomic E-state index is -1.16. The van der Waals surface area contributed by atoms with Crippen LogP contribution in [0.1, 0.15) is 17.4 Å². The predicted molar refractivity (Wildman–Crippen MR) is 135 cm³/mol. The van der Waals surface area contributed by atoms with Gasteiger partial charge in [-0.1, -0.05) is 71.7 Å². The van der Waals surface area contributed by atoms with Gasteiger partial charge in [0.1, 0.15) is 5.69 Å². The normalized spacial score (nSPS) is 11.8. The number of aromatic nitrogens is 1. The molecule has 1 aromatic heterocycles. The number of ether oxygens (including phenoxy) is 1. The average molecular weight is 495 g/mol. The minimum absolute atomic E-state index is 0.0559. The lowest BCUT2D eigenvalue weighted by atomic mass is 9.97. The Morgan fingerprint density at radius 2 is 1.50 bits per heavy atom. The van der Waals surface area contributed by atoms with Gasteiger partial charge in [0.25, 0.3) is 11.5 Å². The highest BCUT2D eigenvalue weighted by Gasteiger charge is 2.26. The quantitative estimate of drug-likeness (QED) is 0.361. The summed E-state index contributed by atoms with van der Waals surface area (Å²) in [7, 11) is 1.51. The zero-order chi connectivity index (χ0) is 24.4. The van der Waals surface area contributed by atoms with E-state index in [0.717, 1.165) is 5.56 Å². The molecule has 1 atom stereocenters. The first-order valence-corrected chi connectivity index (χ1v) is 11.2. The van der Waals surface area contributed by atoms with Crippen LogP contribution in [0.25, 0.3) is 21.9 Å². The first kappa shape index (κ1) is 23.5. The number of carbonyl (C=O) groups excluding carboxylic acids is 2. The van der Waals surface area contributed by atoms with Gasteiger partial charge >= 0.3 is 5.97 Å². The zero-order valence-electron chi connectivity index (χ0n) is 18.3. The van der Waals surface area contributed by atoms with Crippen LogP contribution >= 0.6 is 23.2 Å². The van der Waals surface area contributed by atoms with Crippen molar-refractivity contribution in [1.82, 2.24) is 4.57 Å². The third-order valence-corrected chi connectivity index (χ3v) is 5.78. The topological polar surface area (TPSA) is 77.4 Å². The van der Waals surface area contributed by atoms with E-state index in [2.05, 4.69) is 5.32 Å². The number of hydrogen-bond acceptors (Lipinski definition) is 4. The van der Waals surface area contributed by atoms with Crippen LogP contribution in [0.4, 0.5) is 5.69 Å². The van der Waals surface area contributed by atoms with Gasteiger partial charge in [0.05, 0.1) is 0 Å². The summed E-state index contributed by atoms with van der Waals surface area (Å²) in [6, 6.07) is 20.9. The average Bonchev–Trinajstić information content (AvgIpc) is 2.81. The van der Waals surface area contributed by atoms with E-state index in [1.165, 1.54) is 36.7 Å². The molecular formula is C26H20Cl2N2O4. The Hall–Kier alpha value is -3.61. The largest absolute Gasteiger partial charge is 0.448 e. The third-order valence-electron chi connectivity index (χ3n) is 5.34. The molecule has 0 aliphatic heterocycles. The Bertz CT molecular complexity index is 1450. The van der Waals surface area contributed by atoms with E-state index in [4.69, 9.17) is 27.9 Å². The lowest BCUT2D eigenvalue weighted by Gasteiger charge is -2.19. The minimum Gasteiger partial charge on any atom is -0.448 e. The van der Waals surface area contributed by atoms with Crippen molar-refractivity contribution in [3.63, 3.8) is 0 Å². The molecule has 0 bridgehead atoms. The first-order valence-electron chi connectivity index (χ1n) is 10.4.